The summed E-state index contributed by atoms with van der Waals surface area (Å²) in [5, 5.41) is 0. The van der Waals surface area contributed by atoms with E-state index in [-0.39, 0.29) is 12.2 Å². The molecule has 186 valence electrons. The van der Waals surface area contributed by atoms with Gasteiger partial charge in [0, 0.05) is 17.2 Å². The fourth-order valence-electron chi connectivity index (χ4n) is 3.27. The number of ether oxygens (including phenoxy) is 4. The van der Waals surface area contributed by atoms with Gasteiger partial charge in [-0.15, -0.1) is 0 Å². The Morgan fingerprint density at radius 3 is 2.08 bits per heavy atom. The number of benzene rings is 3. The largest absolute Gasteiger partial charge is 0.493 e. The molecule has 0 fully saturated rings. The van der Waals surface area contributed by atoms with Gasteiger partial charge < -0.3 is 18.9 Å². The van der Waals surface area contributed by atoms with Crippen LogP contribution in [0.15, 0.2) is 72.8 Å². The number of hydrogen-bond donors (Lipinski definition) is 2. The smallest absolute Gasteiger partial charge is 0.338 e. The zero-order valence-corrected chi connectivity index (χ0v) is 20.1. The Kier molecular flexibility index (Phi) is 9.05. The first-order valence-corrected chi connectivity index (χ1v) is 10.8. The highest BCUT2D eigenvalue weighted by Crippen LogP contribution is 2.38. The van der Waals surface area contributed by atoms with E-state index >= 15 is 0 Å². The molecule has 0 saturated heterocycles. The van der Waals surface area contributed by atoms with Crippen LogP contribution in [0.2, 0.25) is 0 Å². The topological polar surface area (TPSA) is 112 Å². The van der Waals surface area contributed by atoms with Gasteiger partial charge in [0.1, 0.15) is 6.61 Å². The lowest BCUT2D eigenvalue weighted by atomic mass is 10.1. The van der Waals surface area contributed by atoms with Crippen LogP contribution in [0.25, 0.3) is 6.08 Å². The van der Waals surface area contributed by atoms with Gasteiger partial charge in [0.15, 0.2) is 11.5 Å². The minimum atomic E-state index is -0.565. The zero-order valence-electron chi connectivity index (χ0n) is 20.1. The van der Waals surface area contributed by atoms with Crippen LogP contribution in [-0.2, 0) is 16.1 Å². The molecule has 0 atom stereocenters. The maximum Gasteiger partial charge on any atom is 0.338 e. The van der Waals surface area contributed by atoms with E-state index in [4.69, 9.17) is 18.9 Å². The molecule has 0 aromatic heterocycles. The van der Waals surface area contributed by atoms with Gasteiger partial charge in [-0.3, -0.25) is 20.4 Å². The van der Waals surface area contributed by atoms with E-state index in [0.29, 0.717) is 33.9 Å². The number of carbonyl (C=O) groups is 3. The third-order valence-electron chi connectivity index (χ3n) is 5.04. The molecule has 0 bridgehead atoms. The summed E-state index contributed by atoms with van der Waals surface area (Å²) < 4.78 is 21.2. The van der Waals surface area contributed by atoms with Crippen molar-refractivity contribution >= 4 is 23.9 Å². The van der Waals surface area contributed by atoms with Gasteiger partial charge in [-0.05, 0) is 42.0 Å². The van der Waals surface area contributed by atoms with Crippen molar-refractivity contribution in [1.29, 1.82) is 0 Å². The Balaban J connectivity index is 1.61. The summed E-state index contributed by atoms with van der Waals surface area (Å²) in [5.74, 6) is -0.316. The average Bonchev–Trinajstić information content (AvgIpc) is 2.93. The molecule has 0 aliphatic carbocycles. The Bertz CT molecular complexity index is 1230. The Hall–Kier alpha value is -4.79. The molecule has 3 aromatic carbocycles. The van der Waals surface area contributed by atoms with Gasteiger partial charge in [0.25, 0.3) is 11.8 Å². The molecule has 9 nitrogen and oxygen atoms in total. The van der Waals surface area contributed by atoms with Crippen molar-refractivity contribution in [2.45, 2.75) is 6.61 Å². The predicted molar refractivity (Wildman–Crippen MR) is 133 cm³/mol. The van der Waals surface area contributed by atoms with E-state index in [2.05, 4.69) is 10.9 Å². The lowest BCUT2D eigenvalue weighted by Crippen LogP contribution is -2.41. The molecule has 9 heteroatoms. The highest BCUT2D eigenvalue weighted by atomic mass is 16.5. The van der Waals surface area contributed by atoms with Crippen LogP contribution >= 0.6 is 0 Å². The molecule has 0 spiro atoms. The summed E-state index contributed by atoms with van der Waals surface area (Å²) in [4.78, 5) is 37.1. The van der Waals surface area contributed by atoms with E-state index in [1.54, 1.807) is 66.7 Å². The predicted octanol–water partition coefficient (Wildman–Crippen LogP) is 3.54. The molecule has 3 rings (SSSR count). The third kappa shape index (κ3) is 6.63. The molecule has 0 aliphatic heterocycles. The van der Waals surface area contributed by atoms with Gasteiger partial charge >= 0.3 is 5.97 Å². The van der Waals surface area contributed by atoms with Crippen LogP contribution in [0.1, 0.15) is 31.8 Å². The number of rotatable bonds is 9. The second kappa shape index (κ2) is 12.6. The molecule has 0 heterocycles. The van der Waals surface area contributed by atoms with E-state index in [0.717, 1.165) is 0 Å². The zero-order chi connectivity index (χ0) is 25.9. The summed E-state index contributed by atoms with van der Waals surface area (Å²) in [5.41, 5.74) is 6.46. The van der Waals surface area contributed by atoms with Crippen molar-refractivity contribution in [1.82, 2.24) is 10.9 Å². The molecule has 2 N–H and O–H groups in total. The van der Waals surface area contributed by atoms with Crippen LogP contribution in [-0.4, -0.2) is 39.1 Å². The van der Waals surface area contributed by atoms with Crippen LogP contribution in [0.5, 0.6) is 17.2 Å². The Labute approximate surface area is 208 Å². The highest BCUT2D eigenvalue weighted by molar-refractivity contribution is 5.99. The van der Waals surface area contributed by atoms with E-state index < -0.39 is 17.8 Å². The summed E-state index contributed by atoms with van der Waals surface area (Å²) in [6.07, 6.45) is 2.78. The van der Waals surface area contributed by atoms with Gasteiger partial charge in [-0.2, -0.15) is 0 Å². The van der Waals surface area contributed by atoms with Crippen LogP contribution in [0.3, 0.4) is 0 Å². The Morgan fingerprint density at radius 2 is 1.44 bits per heavy atom. The number of nitrogens with one attached hydrogen (secondary N) is 2. The molecule has 2 amide bonds. The number of hydrazine groups is 1. The van der Waals surface area contributed by atoms with Crippen molar-refractivity contribution in [2.24, 2.45) is 0 Å². The average molecular weight is 491 g/mol. The first-order chi connectivity index (χ1) is 17.5. The SMILES string of the molecule is COc1cc(C=CC(=O)NNC(=O)c2ccccc2COC(=O)c2ccccc2)cc(OC)c1OC. The minimum Gasteiger partial charge on any atom is -0.493 e. The second-order valence-electron chi connectivity index (χ2n) is 7.33. The lowest BCUT2D eigenvalue weighted by molar-refractivity contribution is -0.117. The summed E-state index contributed by atoms with van der Waals surface area (Å²) in [6.45, 7) is -0.105. The standard InChI is InChI=1S/C27H26N2O7/c1-33-22-15-18(16-23(34-2)25(22)35-3)13-14-24(30)28-29-26(31)21-12-8-7-11-20(21)17-36-27(32)19-9-5-4-6-10-19/h4-16H,17H2,1-3H3,(H,28,30)(H,29,31). The summed E-state index contributed by atoms with van der Waals surface area (Å²) in [7, 11) is 4.48. The van der Waals surface area contributed by atoms with Crippen molar-refractivity contribution in [3.63, 3.8) is 0 Å². The maximum atomic E-state index is 12.7. The molecular formula is C27H26N2O7. The first-order valence-electron chi connectivity index (χ1n) is 10.8. The van der Waals surface area contributed by atoms with Gasteiger partial charge in [-0.1, -0.05) is 36.4 Å². The molecule has 0 aliphatic rings. The fraction of sp³-hybridized carbons (Fsp3) is 0.148. The van der Waals surface area contributed by atoms with E-state index in [1.165, 1.54) is 33.5 Å². The van der Waals surface area contributed by atoms with Crippen molar-refractivity contribution < 1.29 is 33.3 Å². The van der Waals surface area contributed by atoms with Gasteiger partial charge in [0.05, 0.1) is 26.9 Å². The molecule has 0 radical (unpaired) electrons. The summed E-state index contributed by atoms with van der Waals surface area (Å²) >= 11 is 0. The van der Waals surface area contributed by atoms with Crippen molar-refractivity contribution in [2.75, 3.05) is 21.3 Å². The maximum absolute atomic E-state index is 12.7. The number of carbonyl (C=O) groups excluding carboxylic acids is 3. The molecule has 0 unspecified atom stereocenters. The van der Waals surface area contributed by atoms with Crippen LogP contribution < -0.4 is 25.1 Å². The monoisotopic (exact) mass is 490 g/mol. The highest BCUT2D eigenvalue weighted by Gasteiger charge is 2.15. The number of hydrogen-bond acceptors (Lipinski definition) is 7. The Morgan fingerprint density at radius 1 is 0.806 bits per heavy atom. The van der Waals surface area contributed by atoms with E-state index in [9.17, 15) is 14.4 Å². The number of amides is 2. The van der Waals surface area contributed by atoms with Gasteiger partial charge in [0.2, 0.25) is 5.75 Å². The van der Waals surface area contributed by atoms with Crippen molar-refractivity contribution in [3.8, 4) is 17.2 Å². The van der Waals surface area contributed by atoms with Crippen LogP contribution in [0, 0.1) is 0 Å². The molecule has 3 aromatic rings. The fourth-order valence-corrected chi connectivity index (χ4v) is 3.27. The van der Waals surface area contributed by atoms with E-state index in [1.807, 2.05) is 0 Å². The first kappa shape index (κ1) is 25.8. The second-order valence-corrected chi connectivity index (χ2v) is 7.33. The van der Waals surface area contributed by atoms with Gasteiger partial charge in [-0.25, -0.2) is 4.79 Å². The molecule has 36 heavy (non-hydrogen) atoms. The number of methoxy groups -OCH3 is 3. The molecular weight excluding hydrogens is 464 g/mol. The molecule has 0 saturated carbocycles. The quantitative estimate of drug-likeness (QED) is 0.268. The lowest BCUT2D eigenvalue weighted by Gasteiger charge is -2.13. The number of esters is 1. The van der Waals surface area contributed by atoms with Crippen LogP contribution in [0.4, 0.5) is 0 Å². The van der Waals surface area contributed by atoms with Crippen molar-refractivity contribution in [3.05, 3.63) is 95.1 Å². The minimum absolute atomic E-state index is 0.105. The summed E-state index contributed by atoms with van der Waals surface area (Å²) in [6, 6.07) is 18.5. The normalized spacial score (nSPS) is 10.4. The third-order valence-corrected chi connectivity index (χ3v) is 5.04.